The third-order valence-corrected chi connectivity index (χ3v) is 10.4. The van der Waals surface area contributed by atoms with E-state index in [0.29, 0.717) is 28.3 Å². The van der Waals surface area contributed by atoms with Crippen molar-refractivity contribution >= 4 is 34.3 Å². The first kappa shape index (κ1) is 34.4. The van der Waals surface area contributed by atoms with Crippen LogP contribution in [0.4, 0.5) is 28.4 Å². The van der Waals surface area contributed by atoms with Crippen molar-refractivity contribution in [2.45, 2.75) is 39.2 Å². The molecule has 0 saturated carbocycles. The molecule has 8 rings (SSSR count). The molecule has 6 aromatic rings. The summed E-state index contributed by atoms with van der Waals surface area (Å²) in [5.74, 6) is 0.842. The fourth-order valence-corrected chi connectivity index (χ4v) is 7.83. The number of carbonyl (C=O) groups is 1. The lowest BCUT2D eigenvalue weighted by atomic mass is 9.77. The Bertz CT molecular complexity index is 2430. The molecule has 1 amide bonds. The highest BCUT2D eigenvalue weighted by molar-refractivity contribution is 6.01. The standard InChI is InChI=1S/C48H42N4O2/c1-5-35-18-13-15-25-43(35)51(37-20-9-7-10-21-37)33(3)27-29-41-34(4)54-45-32-39(28-30-42(45)48(41)46-40(47(53)50-48)24-17-31-49-46)52(38-22-11-8-12-23-38)44-26-16-14-19-36(44)6-2/h7-32H,4-6H2,1-3H3,(H,50,53)/b33-27+,41-29+. The number of aromatic nitrogens is 1. The van der Waals surface area contributed by atoms with Crippen molar-refractivity contribution in [2.24, 2.45) is 0 Å². The minimum Gasteiger partial charge on any atom is -0.457 e. The summed E-state index contributed by atoms with van der Waals surface area (Å²) in [5.41, 5.74) is 10.1. The van der Waals surface area contributed by atoms with E-state index in [1.807, 2.05) is 42.5 Å². The monoisotopic (exact) mass is 706 g/mol. The average Bonchev–Trinajstić information content (AvgIpc) is 3.50. The Morgan fingerprint density at radius 3 is 2.09 bits per heavy atom. The van der Waals surface area contributed by atoms with E-state index in [4.69, 9.17) is 9.72 Å². The number of hydrogen-bond donors (Lipinski definition) is 1. The molecule has 6 nitrogen and oxygen atoms in total. The topological polar surface area (TPSA) is 57.7 Å². The molecule has 5 aromatic carbocycles. The second kappa shape index (κ2) is 14.4. The predicted molar refractivity (Wildman–Crippen MR) is 219 cm³/mol. The number of benzene rings is 5. The lowest BCUT2D eigenvalue weighted by Gasteiger charge is -2.39. The SMILES string of the molecule is C=C1Oc2cc(N(c3ccccc3)c3ccccc3CC)ccc2C2(NC(=O)c3cccnc32)/C1=C/C=C(\C)N(c1ccccc1)c1ccccc1CC. The van der Waals surface area contributed by atoms with Gasteiger partial charge < -0.3 is 19.9 Å². The molecule has 0 aliphatic carbocycles. The van der Waals surface area contributed by atoms with Gasteiger partial charge in [-0.05, 0) is 91.6 Å². The number of rotatable bonds is 9. The number of pyridine rings is 1. The largest absolute Gasteiger partial charge is 0.457 e. The van der Waals surface area contributed by atoms with Crippen molar-refractivity contribution in [3.8, 4) is 5.75 Å². The Balaban J connectivity index is 1.30. The van der Waals surface area contributed by atoms with Crippen molar-refractivity contribution < 1.29 is 9.53 Å². The van der Waals surface area contributed by atoms with Gasteiger partial charge in [-0.3, -0.25) is 9.78 Å². The Morgan fingerprint density at radius 1 is 0.759 bits per heavy atom. The van der Waals surface area contributed by atoms with Gasteiger partial charge in [0.2, 0.25) is 0 Å². The molecule has 6 heteroatoms. The number of hydrogen-bond acceptors (Lipinski definition) is 5. The van der Waals surface area contributed by atoms with E-state index in [1.54, 1.807) is 12.3 Å². The molecule has 0 fully saturated rings. The van der Waals surface area contributed by atoms with Gasteiger partial charge in [-0.25, -0.2) is 0 Å². The van der Waals surface area contributed by atoms with Gasteiger partial charge >= 0.3 is 0 Å². The number of para-hydroxylation sites is 4. The summed E-state index contributed by atoms with van der Waals surface area (Å²) in [6.45, 7) is 10.9. The van der Waals surface area contributed by atoms with Crippen LogP contribution in [0.15, 0.2) is 181 Å². The molecular formula is C48H42N4O2. The van der Waals surface area contributed by atoms with E-state index < -0.39 is 5.54 Å². The maximum absolute atomic E-state index is 13.8. The van der Waals surface area contributed by atoms with Crippen molar-refractivity contribution in [3.05, 3.63) is 209 Å². The van der Waals surface area contributed by atoms with Gasteiger partial charge in [-0.15, -0.1) is 0 Å². The first-order valence-electron chi connectivity index (χ1n) is 18.5. The van der Waals surface area contributed by atoms with Gasteiger partial charge in [-0.1, -0.05) is 105 Å². The summed E-state index contributed by atoms with van der Waals surface area (Å²) in [7, 11) is 0. The van der Waals surface area contributed by atoms with Crippen molar-refractivity contribution in [1.29, 1.82) is 0 Å². The first-order chi connectivity index (χ1) is 26.4. The van der Waals surface area contributed by atoms with Crippen LogP contribution in [-0.4, -0.2) is 10.9 Å². The van der Waals surface area contributed by atoms with Crippen LogP contribution in [0, 0.1) is 0 Å². The Kier molecular flexibility index (Phi) is 9.18. The minimum atomic E-state index is -1.13. The zero-order valence-electron chi connectivity index (χ0n) is 30.8. The molecule has 1 N–H and O–H groups in total. The third kappa shape index (κ3) is 5.86. The second-order valence-corrected chi connectivity index (χ2v) is 13.5. The van der Waals surface area contributed by atoms with Crippen LogP contribution in [0.5, 0.6) is 5.75 Å². The summed E-state index contributed by atoms with van der Waals surface area (Å²) in [6.07, 6.45) is 7.61. The lowest BCUT2D eigenvalue weighted by Crippen LogP contribution is -2.46. The first-order valence-corrected chi connectivity index (χ1v) is 18.5. The fraction of sp³-hybridized carbons (Fsp3) is 0.125. The van der Waals surface area contributed by atoms with Gasteiger partial charge in [0.15, 0.2) is 0 Å². The summed E-state index contributed by atoms with van der Waals surface area (Å²) in [4.78, 5) is 23.2. The molecular weight excluding hydrogens is 665 g/mol. The van der Waals surface area contributed by atoms with Crippen molar-refractivity contribution in [2.75, 3.05) is 9.80 Å². The molecule has 266 valence electrons. The summed E-state index contributed by atoms with van der Waals surface area (Å²) >= 11 is 0. The summed E-state index contributed by atoms with van der Waals surface area (Å²) in [6, 6.07) is 47.5. The van der Waals surface area contributed by atoms with E-state index in [0.717, 1.165) is 52.5 Å². The summed E-state index contributed by atoms with van der Waals surface area (Å²) < 4.78 is 6.69. The Labute approximate surface area is 317 Å². The van der Waals surface area contributed by atoms with E-state index in [1.165, 1.54) is 11.1 Å². The number of amides is 1. The number of nitrogens with zero attached hydrogens (tertiary/aromatic N) is 3. The molecule has 1 spiro atoms. The van der Waals surface area contributed by atoms with Gasteiger partial charge in [0.1, 0.15) is 17.0 Å². The molecule has 2 aliphatic rings. The molecule has 1 aromatic heterocycles. The van der Waals surface area contributed by atoms with Gasteiger partial charge in [0.25, 0.3) is 5.91 Å². The van der Waals surface area contributed by atoms with E-state index in [-0.39, 0.29) is 5.91 Å². The number of fused-ring (bicyclic) bond motifs is 4. The van der Waals surface area contributed by atoms with E-state index in [9.17, 15) is 4.79 Å². The number of allylic oxidation sites excluding steroid dienone is 3. The van der Waals surface area contributed by atoms with Gasteiger partial charge in [0, 0.05) is 57.5 Å². The van der Waals surface area contributed by atoms with Gasteiger partial charge in [-0.2, -0.15) is 0 Å². The molecule has 0 saturated heterocycles. The van der Waals surface area contributed by atoms with Crippen LogP contribution in [-0.2, 0) is 18.4 Å². The normalized spacial score (nSPS) is 16.8. The number of ether oxygens (including phenoxy) is 1. The molecule has 2 aliphatic heterocycles. The highest BCUT2D eigenvalue weighted by atomic mass is 16.5. The highest BCUT2D eigenvalue weighted by Crippen LogP contribution is 2.52. The van der Waals surface area contributed by atoms with Crippen LogP contribution in [0.25, 0.3) is 0 Å². The molecule has 0 bridgehead atoms. The van der Waals surface area contributed by atoms with Gasteiger partial charge in [0.05, 0.1) is 11.3 Å². The Hall–Kier alpha value is -6.66. The lowest BCUT2D eigenvalue weighted by molar-refractivity contribution is 0.0945. The average molecular weight is 707 g/mol. The molecule has 0 radical (unpaired) electrons. The van der Waals surface area contributed by atoms with Crippen LogP contribution in [0.2, 0.25) is 0 Å². The minimum absolute atomic E-state index is 0.194. The highest BCUT2D eigenvalue weighted by Gasteiger charge is 2.53. The number of nitrogens with one attached hydrogen (secondary N) is 1. The van der Waals surface area contributed by atoms with Crippen molar-refractivity contribution in [3.63, 3.8) is 0 Å². The number of carbonyl (C=O) groups excluding carboxylic acids is 1. The summed E-state index contributed by atoms with van der Waals surface area (Å²) in [5, 5.41) is 3.37. The predicted octanol–water partition coefficient (Wildman–Crippen LogP) is 11.2. The molecule has 54 heavy (non-hydrogen) atoms. The molecule has 1 atom stereocenters. The Morgan fingerprint density at radius 2 is 1.39 bits per heavy atom. The number of aryl methyl sites for hydroxylation is 2. The van der Waals surface area contributed by atoms with Crippen LogP contribution < -0.4 is 19.9 Å². The maximum atomic E-state index is 13.8. The fourth-order valence-electron chi connectivity index (χ4n) is 7.83. The third-order valence-electron chi connectivity index (χ3n) is 10.4. The van der Waals surface area contributed by atoms with E-state index >= 15 is 0 Å². The zero-order valence-corrected chi connectivity index (χ0v) is 30.8. The quantitative estimate of drug-likeness (QED) is 0.162. The molecule has 1 unspecified atom stereocenters. The zero-order chi connectivity index (χ0) is 37.2. The maximum Gasteiger partial charge on any atom is 0.254 e. The molecule has 3 heterocycles. The number of anilines is 5. The van der Waals surface area contributed by atoms with Crippen LogP contribution in [0.1, 0.15) is 53.5 Å². The van der Waals surface area contributed by atoms with Crippen molar-refractivity contribution in [1.82, 2.24) is 10.3 Å². The second-order valence-electron chi connectivity index (χ2n) is 13.5. The smallest absolute Gasteiger partial charge is 0.254 e. The van der Waals surface area contributed by atoms with Crippen LogP contribution in [0.3, 0.4) is 0 Å². The van der Waals surface area contributed by atoms with Crippen LogP contribution >= 0.6 is 0 Å². The van der Waals surface area contributed by atoms with E-state index in [2.05, 4.69) is 146 Å².